The van der Waals surface area contributed by atoms with Crippen LogP contribution in [-0.2, 0) is 6.42 Å². The van der Waals surface area contributed by atoms with E-state index in [4.69, 9.17) is 4.74 Å². The van der Waals surface area contributed by atoms with Gasteiger partial charge >= 0.3 is 0 Å². The number of benzene rings is 2. The second-order valence-corrected chi connectivity index (χ2v) is 5.02. The van der Waals surface area contributed by atoms with Crippen molar-refractivity contribution in [2.75, 3.05) is 13.7 Å². The number of para-hydroxylation sites is 1. The van der Waals surface area contributed by atoms with Crippen molar-refractivity contribution in [2.45, 2.75) is 26.3 Å². The van der Waals surface area contributed by atoms with Gasteiger partial charge in [0.05, 0.1) is 6.04 Å². The van der Waals surface area contributed by atoms with Gasteiger partial charge < -0.3 is 10.1 Å². The van der Waals surface area contributed by atoms with E-state index in [1.807, 2.05) is 19.2 Å². The smallest absolute Gasteiger partial charge is 0.122 e. The van der Waals surface area contributed by atoms with Crippen molar-refractivity contribution >= 4 is 0 Å². The standard InChI is InChI=1S/C18H23NO/c1-4-15-7-5-6-8-18(15)20-13-17(19-3)16-11-9-14(2)10-12-16/h5-12,17,19H,4,13H2,1-3H3. The largest absolute Gasteiger partial charge is 0.491 e. The highest BCUT2D eigenvalue weighted by Gasteiger charge is 2.10. The number of aryl methyl sites for hydroxylation is 2. The molecule has 0 aliphatic carbocycles. The molecule has 0 heterocycles. The van der Waals surface area contributed by atoms with Gasteiger partial charge in [-0.3, -0.25) is 0 Å². The van der Waals surface area contributed by atoms with Crippen molar-refractivity contribution in [2.24, 2.45) is 0 Å². The van der Waals surface area contributed by atoms with Gasteiger partial charge in [-0.2, -0.15) is 0 Å². The van der Waals surface area contributed by atoms with E-state index in [0.717, 1.165) is 12.2 Å². The van der Waals surface area contributed by atoms with Crippen molar-refractivity contribution in [3.8, 4) is 5.75 Å². The molecule has 2 rings (SSSR count). The quantitative estimate of drug-likeness (QED) is 0.859. The van der Waals surface area contributed by atoms with Crippen LogP contribution in [0.5, 0.6) is 5.75 Å². The van der Waals surface area contributed by atoms with Crippen LogP contribution >= 0.6 is 0 Å². The second kappa shape index (κ2) is 7.11. The fraction of sp³-hybridized carbons (Fsp3) is 0.333. The summed E-state index contributed by atoms with van der Waals surface area (Å²) in [6.07, 6.45) is 0.991. The Bertz CT molecular complexity index is 533. The molecule has 0 aliphatic heterocycles. The normalized spacial score (nSPS) is 12.2. The molecule has 0 radical (unpaired) electrons. The Kier molecular flexibility index (Phi) is 5.19. The van der Waals surface area contributed by atoms with Gasteiger partial charge in [0.1, 0.15) is 12.4 Å². The molecule has 1 unspecified atom stereocenters. The van der Waals surface area contributed by atoms with E-state index in [1.54, 1.807) is 0 Å². The summed E-state index contributed by atoms with van der Waals surface area (Å²) in [5.41, 5.74) is 3.79. The summed E-state index contributed by atoms with van der Waals surface area (Å²) in [4.78, 5) is 0. The third-order valence-corrected chi connectivity index (χ3v) is 3.59. The van der Waals surface area contributed by atoms with Crippen molar-refractivity contribution in [3.05, 3.63) is 65.2 Å². The number of ether oxygens (including phenoxy) is 1. The first-order valence-electron chi connectivity index (χ1n) is 7.19. The number of likely N-dealkylation sites (N-methyl/N-ethyl adjacent to an activating group) is 1. The van der Waals surface area contributed by atoms with E-state index in [2.05, 4.69) is 55.6 Å². The maximum Gasteiger partial charge on any atom is 0.122 e. The molecule has 0 fully saturated rings. The first kappa shape index (κ1) is 14.6. The molecule has 106 valence electrons. The van der Waals surface area contributed by atoms with Gasteiger partial charge in [-0.25, -0.2) is 0 Å². The van der Waals surface area contributed by atoms with Crippen molar-refractivity contribution in [1.29, 1.82) is 0 Å². The lowest BCUT2D eigenvalue weighted by atomic mass is 10.1. The van der Waals surface area contributed by atoms with Gasteiger partial charge in [-0.15, -0.1) is 0 Å². The molecule has 0 spiro atoms. The summed E-state index contributed by atoms with van der Waals surface area (Å²) in [5, 5.41) is 3.32. The van der Waals surface area contributed by atoms with Crippen LogP contribution in [0.4, 0.5) is 0 Å². The molecule has 2 aromatic carbocycles. The van der Waals surface area contributed by atoms with Crippen molar-refractivity contribution < 1.29 is 4.74 Å². The lowest BCUT2D eigenvalue weighted by Gasteiger charge is -2.19. The monoisotopic (exact) mass is 269 g/mol. The van der Waals surface area contributed by atoms with Crippen molar-refractivity contribution in [3.63, 3.8) is 0 Å². The minimum atomic E-state index is 0.209. The van der Waals surface area contributed by atoms with Gasteiger partial charge in [-0.05, 0) is 37.6 Å². The Morgan fingerprint density at radius 2 is 1.75 bits per heavy atom. The Morgan fingerprint density at radius 1 is 1.05 bits per heavy atom. The summed E-state index contributed by atoms with van der Waals surface area (Å²) >= 11 is 0. The zero-order valence-corrected chi connectivity index (χ0v) is 12.5. The number of nitrogens with one attached hydrogen (secondary N) is 1. The lowest BCUT2D eigenvalue weighted by Crippen LogP contribution is -2.23. The minimum absolute atomic E-state index is 0.209. The molecule has 1 atom stereocenters. The molecule has 0 amide bonds. The summed E-state index contributed by atoms with van der Waals surface area (Å²) < 4.78 is 6.00. The maximum absolute atomic E-state index is 6.00. The third kappa shape index (κ3) is 3.61. The Labute approximate surface area is 121 Å². The summed E-state index contributed by atoms with van der Waals surface area (Å²) in [6.45, 7) is 4.89. The molecule has 0 bridgehead atoms. The van der Waals surface area contributed by atoms with Crippen molar-refractivity contribution in [1.82, 2.24) is 5.32 Å². The van der Waals surface area contributed by atoms with E-state index in [-0.39, 0.29) is 6.04 Å². The molecule has 2 nitrogen and oxygen atoms in total. The highest BCUT2D eigenvalue weighted by Crippen LogP contribution is 2.21. The first-order chi connectivity index (χ1) is 9.74. The van der Waals surface area contributed by atoms with Crippen LogP contribution in [0, 0.1) is 6.92 Å². The Morgan fingerprint density at radius 3 is 2.40 bits per heavy atom. The molecule has 0 saturated carbocycles. The van der Waals surface area contributed by atoms with Gasteiger partial charge in [0, 0.05) is 0 Å². The molecule has 0 aromatic heterocycles. The van der Waals surface area contributed by atoms with E-state index < -0.39 is 0 Å². The van der Waals surface area contributed by atoms with Crippen LogP contribution in [-0.4, -0.2) is 13.7 Å². The molecule has 1 N–H and O–H groups in total. The fourth-order valence-corrected chi connectivity index (χ4v) is 2.25. The van der Waals surface area contributed by atoms with Crippen LogP contribution in [0.25, 0.3) is 0 Å². The van der Waals surface area contributed by atoms with Crippen LogP contribution in [0.2, 0.25) is 0 Å². The van der Waals surface area contributed by atoms with Crippen LogP contribution in [0.15, 0.2) is 48.5 Å². The average Bonchev–Trinajstić information content (AvgIpc) is 2.50. The minimum Gasteiger partial charge on any atom is -0.491 e. The highest BCUT2D eigenvalue weighted by atomic mass is 16.5. The Hall–Kier alpha value is -1.80. The molecule has 0 saturated heterocycles. The molecular weight excluding hydrogens is 246 g/mol. The molecular formula is C18H23NO. The number of hydrogen-bond donors (Lipinski definition) is 1. The summed E-state index contributed by atoms with van der Waals surface area (Å²) in [5.74, 6) is 0.988. The first-order valence-corrected chi connectivity index (χ1v) is 7.19. The van der Waals surface area contributed by atoms with E-state index in [9.17, 15) is 0 Å². The predicted octanol–water partition coefficient (Wildman–Crippen LogP) is 3.90. The third-order valence-electron chi connectivity index (χ3n) is 3.59. The summed E-state index contributed by atoms with van der Waals surface area (Å²) in [6, 6.07) is 17.0. The van der Waals surface area contributed by atoms with Gasteiger partial charge in [0.15, 0.2) is 0 Å². The van der Waals surface area contributed by atoms with Gasteiger partial charge in [0.25, 0.3) is 0 Å². The highest BCUT2D eigenvalue weighted by molar-refractivity contribution is 5.33. The average molecular weight is 269 g/mol. The van der Waals surface area contributed by atoms with Crippen LogP contribution in [0.1, 0.15) is 29.7 Å². The van der Waals surface area contributed by atoms with Gasteiger partial charge in [0.2, 0.25) is 0 Å². The molecule has 2 heteroatoms. The molecule has 0 aliphatic rings. The van der Waals surface area contributed by atoms with E-state index in [0.29, 0.717) is 6.61 Å². The van der Waals surface area contributed by atoms with Gasteiger partial charge in [-0.1, -0.05) is 55.0 Å². The molecule has 2 aromatic rings. The van der Waals surface area contributed by atoms with E-state index in [1.165, 1.54) is 16.7 Å². The fourth-order valence-electron chi connectivity index (χ4n) is 2.25. The van der Waals surface area contributed by atoms with E-state index >= 15 is 0 Å². The SMILES string of the molecule is CCc1ccccc1OCC(NC)c1ccc(C)cc1. The zero-order chi connectivity index (χ0) is 14.4. The predicted molar refractivity (Wildman–Crippen MR) is 84.3 cm³/mol. The topological polar surface area (TPSA) is 21.3 Å². The summed E-state index contributed by atoms with van der Waals surface area (Å²) in [7, 11) is 1.97. The molecule has 20 heavy (non-hydrogen) atoms. The second-order valence-electron chi connectivity index (χ2n) is 5.02. The Balaban J connectivity index is 2.05. The number of hydrogen-bond acceptors (Lipinski definition) is 2. The van der Waals surface area contributed by atoms with Crippen LogP contribution in [0.3, 0.4) is 0 Å². The lowest BCUT2D eigenvalue weighted by molar-refractivity contribution is 0.271. The maximum atomic E-state index is 6.00. The zero-order valence-electron chi connectivity index (χ0n) is 12.5. The van der Waals surface area contributed by atoms with Crippen LogP contribution < -0.4 is 10.1 Å². The number of rotatable bonds is 6.